The van der Waals surface area contributed by atoms with Crippen LogP contribution in [0.5, 0.6) is 0 Å². The van der Waals surface area contributed by atoms with Gasteiger partial charge in [0.25, 0.3) is 0 Å². The lowest BCUT2D eigenvalue weighted by molar-refractivity contribution is 0.206. The number of hydrogen-bond donors (Lipinski definition) is 2. The Labute approximate surface area is 106 Å². The molecule has 0 unspecified atom stereocenters. The average molecular weight is 250 g/mol. The van der Waals surface area contributed by atoms with Crippen molar-refractivity contribution in [3.8, 4) is 0 Å². The molecule has 0 bridgehead atoms. The molecule has 2 N–H and O–H groups in total. The molecule has 0 amide bonds. The summed E-state index contributed by atoms with van der Waals surface area (Å²) in [4.78, 5) is 10.9. The first kappa shape index (κ1) is 12.6. The summed E-state index contributed by atoms with van der Waals surface area (Å²) in [6.07, 6.45) is 1.74. The first-order chi connectivity index (χ1) is 8.76. The van der Waals surface area contributed by atoms with Crippen LogP contribution in [0.15, 0.2) is 6.20 Å². The standard InChI is InChI=1S/C11H18N6O/c1-4-12-11-14-9-8(7-13-16-9)10(15-11)17(2)5-6-18-3/h7H,4-6H2,1-3H3,(H2,12,13,14,15,16). The van der Waals surface area contributed by atoms with Crippen molar-refractivity contribution in [1.82, 2.24) is 20.2 Å². The topological polar surface area (TPSA) is 79.0 Å². The molecule has 0 saturated carbocycles. The molecule has 2 aromatic rings. The number of nitrogens with zero attached hydrogens (tertiary/aromatic N) is 4. The van der Waals surface area contributed by atoms with Gasteiger partial charge < -0.3 is 15.0 Å². The number of hydrogen-bond acceptors (Lipinski definition) is 6. The zero-order chi connectivity index (χ0) is 13.0. The highest BCUT2D eigenvalue weighted by molar-refractivity contribution is 5.87. The molecule has 2 heterocycles. The maximum absolute atomic E-state index is 5.08. The largest absolute Gasteiger partial charge is 0.383 e. The normalized spacial score (nSPS) is 10.8. The molecule has 0 aliphatic heterocycles. The van der Waals surface area contributed by atoms with Crippen LogP contribution >= 0.6 is 0 Å². The van der Waals surface area contributed by atoms with Gasteiger partial charge in [0.2, 0.25) is 5.95 Å². The minimum absolute atomic E-state index is 0.605. The third kappa shape index (κ3) is 2.51. The quantitative estimate of drug-likeness (QED) is 0.792. The molecule has 0 saturated heterocycles. The highest BCUT2D eigenvalue weighted by Crippen LogP contribution is 2.22. The van der Waals surface area contributed by atoms with Gasteiger partial charge in [0, 0.05) is 27.2 Å². The molecular weight excluding hydrogens is 232 g/mol. The van der Waals surface area contributed by atoms with Gasteiger partial charge in [-0.1, -0.05) is 0 Å². The Balaban J connectivity index is 2.36. The Morgan fingerprint density at radius 2 is 2.28 bits per heavy atom. The maximum Gasteiger partial charge on any atom is 0.226 e. The fourth-order valence-corrected chi connectivity index (χ4v) is 1.68. The first-order valence-electron chi connectivity index (χ1n) is 5.91. The third-order valence-corrected chi connectivity index (χ3v) is 2.62. The van der Waals surface area contributed by atoms with E-state index in [9.17, 15) is 0 Å². The van der Waals surface area contributed by atoms with Crippen LogP contribution in [0.3, 0.4) is 0 Å². The van der Waals surface area contributed by atoms with E-state index in [1.165, 1.54) is 0 Å². The summed E-state index contributed by atoms with van der Waals surface area (Å²) in [6.45, 7) is 4.20. The van der Waals surface area contributed by atoms with E-state index in [2.05, 4.69) is 25.5 Å². The molecule has 0 radical (unpaired) electrons. The van der Waals surface area contributed by atoms with Crippen LogP contribution in [0.2, 0.25) is 0 Å². The molecule has 0 spiro atoms. The summed E-state index contributed by atoms with van der Waals surface area (Å²) in [7, 11) is 3.66. The van der Waals surface area contributed by atoms with Crippen molar-refractivity contribution in [1.29, 1.82) is 0 Å². The minimum Gasteiger partial charge on any atom is -0.383 e. The Morgan fingerprint density at radius 3 is 3.00 bits per heavy atom. The van der Waals surface area contributed by atoms with Crippen LogP contribution in [0.1, 0.15) is 6.92 Å². The molecule has 18 heavy (non-hydrogen) atoms. The summed E-state index contributed by atoms with van der Waals surface area (Å²) in [5, 5.41) is 10.9. The minimum atomic E-state index is 0.605. The number of rotatable bonds is 6. The number of methoxy groups -OCH3 is 1. The summed E-state index contributed by atoms with van der Waals surface area (Å²) in [5.41, 5.74) is 0.736. The van der Waals surface area contributed by atoms with E-state index in [1.807, 2.05) is 18.9 Å². The van der Waals surface area contributed by atoms with Gasteiger partial charge in [-0.05, 0) is 6.92 Å². The molecular formula is C11H18N6O. The third-order valence-electron chi connectivity index (χ3n) is 2.62. The van der Waals surface area contributed by atoms with Crippen molar-refractivity contribution in [2.24, 2.45) is 0 Å². The molecule has 7 heteroatoms. The number of fused-ring (bicyclic) bond motifs is 1. The number of nitrogens with one attached hydrogen (secondary N) is 2. The van der Waals surface area contributed by atoms with Gasteiger partial charge in [-0.25, -0.2) is 0 Å². The van der Waals surface area contributed by atoms with Crippen LogP contribution in [0, 0.1) is 0 Å². The molecule has 0 atom stereocenters. The molecule has 2 aromatic heterocycles. The monoisotopic (exact) mass is 250 g/mol. The molecule has 0 aliphatic carbocycles. The fourth-order valence-electron chi connectivity index (χ4n) is 1.68. The van der Waals surface area contributed by atoms with Gasteiger partial charge in [-0.2, -0.15) is 15.1 Å². The Kier molecular flexibility index (Phi) is 3.93. The van der Waals surface area contributed by atoms with Crippen molar-refractivity contribution in [2.75, 3.05) is 44.1 Å². The van der Waals surface area contributed by atoms with Gasteiger partial charge >= 0.3 is 0 Å². The highest BCUT2D eigenvalue weighted by Gasteiger charge is 2.12. The van der Waals surface area contributed by atoms with Gasteiger partial charge in [0.05, 0.1) is 18.2 Å². The van der Waals surface area contributed by atoms with Gasteiger partial charge in [0.15, 0.2) is 5.65 Å². The van der Waals surface area contributed by atoms with E-state index < -0.39 is 0 Å². The average Bonchev–Trinajstić information content (AvgIpc) is 2.83. The van der Waals surface area contributed by atoms with E-state index in [4.69, 9.17) is 4.74 Å². The lowest BCUT2D eigenvalue weighted by Crippen LogP contribution is -2.23. The Hall–Kier alpha value is -1.89. The zero-order valence-corrected chi connectivity index (χ0v) is 10.9. The second kappa shape index (κ2) is 5.63. The van der Waals surface area contributed by atoms with E-state index in [1.54, 1.807) is 13.3 Å². The Bertz CT molecular complexity index is 511. The number of ether oxygens (including phenoxy) is 1. The predicted octanol–water partition coefficient (Wildman–Crippen LogP) is 0.867. The number of aromatic amines is 1. The molecule has 7 nitrogen and oxygen atoms in total. The van der Waals surface area contributed by atoms with Crippen molar-refractivity contribution in [3.05, 3.63) is 6.20 Å². The summed E-state index contributed by atoms with van der Waals surface area (Å²) in [5.74, 6) is 1.45. The van der Waals surface area contributed by atoms with Crippen molar-refractivity contribution in [3.63, 3.8) is 0 Å². The highest BCUT2D eigenvalue weighted by atomic mass is 16.5. The van der Waals surface area contributed by atoms with Crippen LogP contribution in [0.4, 0.5) is 11.8 Å². The number of likely N-dealkylation sites (N-methyl/N-ethyl adjacent to an activating group) is 1. The van der Waals surface area contributed by atoms with Gasteiger partial charge in [0.1, 0.15) is 5.82 Å². The van der Waals surface area contributed by atoms with Crippen LogP contribution in [0.25, 0.3) is 11.0 Å². The van der Waals surface area contributed by atoms with Gasteiger partial charge in [-0.15, -0.1) is 0 Å². The van der Waals surface area contributed by atoms with Crippen LogP contribution in [-0.4, -0.2) is 54.0 Å². The first-order valence-corrected chi connectivity index (χ1v) is 5.91. The molecule has 2 rings (SSSR count). The van der Waals surface area contributed by atoms with Crippen molar-refractivity contribution < 1.29 is 4.74 Å². The van der Waals surface area contributed by atoms with Crippen molar-refractivity contribution >= 4 is 22.8 Å². The summed E-state index contributed by atoms with van der Waals surface area (Å²) in [6, 6.07) is 0. The second-order valence-corrected chi connectivity index (χ2v) is 3.95. The fraction of sp³-hybridized carbons (Fsp3) is 0.545. The Morgan fingerprint density at radius 1 is 1.44 bits per heavy atom. The van der Waals surface area contributed by atoms with E-state index in [0.29, 0.717) is 12.6 Å². The number of anilines is 2. The summed E-state index contributed by atoms with van der Waals surface area (Å²) < 4.78 is 5.08. The predicted molar refractivity (Wildman–Crippen MR) is 71.0 cm³/mol. The van der Waals surface area contributed by atoms with Gasteiger partial charge in [-0.3, -0.25) is 5.10 Å². The van der Waals surface area contributed by atoms with E-state index in [-0.39, 0.29) is 0 Å². The lowest BCUT2D eigenvalue weighted by atomic mass is 10.3. The smallest absolute Gasteiger partial charge is 0.226 e. The maximum atomic E-state index is 5.08. The number of aromatic nitrogens is 4. The second-order valence-electron chi connectivity index (χ2n) is 3.95. The lowest BCUT2D eigenvalue weighted by Gasteiger charge is -2.18. The molecule has 0 aromatic carbocycles. The van der Waals surface area contributed by atoms with E-state index in [0.717, 1.165) is 29.9 Å². The summed E-state index contributed by atoms with van der Waals surface area (Å²) >= 11 is 0. The molecule has 98 valence electrons. The number of H-pyrrole nitrogens is 1. The zero-order valence-electron chi connectivity index (χ0n) is 10.9. The molecule has 0 aliphatic rings. The molecule has 0 fully saturated rings. The van der Waals surface area contributed by atoms with Crippen LogP contribution in [-0.2, 0) is 4.74 Å². The van der Waals surface area contributed by atoms with E-state index >= 15 is 0 Å². The van der Waals surface area contributed by atoms with Crippen molar-refractivity contribution in [2.45, 2.75) is 6.92 Å². The van der Waals surface area contributed by atoms with Crippen LogP contribution < -0.4 is 10.2 Å². The SMILES string of the molecule is CCNc1nc(N(C)CCOC)c2cn[nH]c2n1.